The number of phenolic OH excluding ortho intramolecular Hbond substituents is 1. The summed E-state index contributed by atoms with van der Waals surface area (Å²) in [5.74, 6) is 0.547. The topological polar surface area (TPSA) is 61.7 Å². The summed E-state index contributed by atoms with van der Waals surface area (Å²) < 4.78 is 0.490. The fourth-order valence-electron chi connectivity index (χ4n) is 1.13. The molecule has 4 nitrogen and oxygen atoms in total. The molecule has 82 valence electrons. The van der Waals surface area contributed by atoms with Crippen molar-refractivity contribution in [3.63, 3.8) is 0 Å². The first kappa shape index (κ1) is 12.0. The van der Waals surface area contributed by atoms with Crippen LogP contribution in [0, 0.1) is 10.8 Å². The third-order valence-corrected chi connectivity index (χ3v) is 2.44. The Morgan fingerprint density at radius 3 is 2.73 bits per heavy atom. The van der Waals surface area contributed by atoms with Crippen LogP contribution >= 0.6 is 15.9 Å². The van der Waals surface area contributed by atoms with Crippen LogP contribution in [0.3, 0.4) is 0 Å². The molecule has 0 aromatic heterocycles. The standard InChI is InChI=1S/C10H13BrN2O2/c1-6(2)5-12-9-4-7(14)3-8(11)10(9)13-15/h3-4,6,12,14H,5H2,1-2H3. The van der Waals surface area contributed by atoms with E-state index in [1.807, 2.05) is 0 Å². The van der Waals surface area contributed by atoms with Gasteiger partial charge in [0.25, 0.3) is 0 Å². The monoisotopic (exact) mass is 272 g/mol. The van der Waals surface area contributed by atoms with Gasteiger partial charge in [-0.3, -0.25) is 0 Å². The zero-order valence-electron chi connectivity index (χ0n) is 8.62. The number of rotatable bonds is 4. The molecule has 0 unspecified atom stereocenters. The quantitative estimate of drug-likeness (QED) is 0.823. The Morgan fingerprint density at radius 1 is 1.53 bits per heavy atom. The van der Waals surface area contributed by atoms with Gasteiger partial charge in [-0.1, -0.05) is 13.8 Å². The predicted molar refractivity (Wildman–Crippen MR) is 64.6 cm³/mol. The largest absolute Gasteiger partial charge is 0.508 e. The van der Waals surface area contributed by atoms with E-state index < -0.39 is 0 Å². The average molecular weight is 273 g/mol. The molecule has 0 amide bonds. The number of benzene rings is 1. The average Bonchev–Trinajstić information content (AvgIpc) is 2.13. The second-order valence-corrected chi connectivity index (χ2v) is 4.54. The van der Waals surface area contributed by atoms with E-state index in [1.54, 1.807) is 0 Å². The third-order valence-electron chi connectivity index (χ3n) is 1.84. The molecule has 15 heavy (non-hydrogen) atoms. The van der Waals surface area contributed by atoms with Gasteiger partial charge < -0.3 is 10.4 Å². The van der Waals surface area contributed by atoms with Gasteiger partial charge in [-0.15, -0.1) is 4.91 Å². The molecule has 0 bridgehead atoms. The molecular weight excluding hydrogens is 260 g/mol. The van der Waals surface area contributed by atoms with Crippen molar-refractivity contribution in [1.82, 2.24) is 0 Å². The van der Waals surface area contributed by atoms with E-state index in [4.69, 9.17) is 0 Å². The molecule has 0 heterocycles. The van der Waals surface area contributed by atoms with Crippen molar-refractivity contribution in [3.8, 4) is 5.75 Å². The number of anilines is 1. The first-order valence-electron chi connectivity index (χ1n) is 4.64. The number of hydrogen-bond acceptors (Lipinski definition) is 4. The van der Waals surface area contributed by atoms with Gasteiger partial charge in [-0.05, 0) is 33.1 Å². The molecule has 1 rings (SSSR count). The lowest BCUT2D eigenvalue weighted by Crippen LogP contribution is -2.07. The van der Waals surface area contributed by atoms with E-state index in [2.05, 4.69) is 40.3 Å². The Hall–Kier alpha value is -1.10. The van der Waals surface area contributed by atoms with Crippen LogP contribution < -0.4 is 5.32 Å². The summed E-state index contributed by atoms with van der Waals surface area (Å²) in [4.78, 5) is 10.6. The molecule has 0 aliphatic carbocycles. The van der Waals surface area contributed by atoms with Crippen LogP contribution in [0.15, 0.2) is 21.8 Å². The zero-order valence-corrected chi connectivity index (χ0v) is 10.2. The highest BCUT2D eigenvalue weighted by Crippen LogP contribution is 2.37. The van der Waals surface area contributed by atoms with Gasteiger partial charge in [0.2, 0.25) is 0 Å². The van der Waals surface area contributed by atoms with Gasteiger partial charge in [0.15, 0.2) is 0 Å². The number of nitrogens with one attached hydrogen (secondary N) is 1. The summed E-state index contributed by atoms with van der Waals surface area (Å²) in [6.45, 7) is 4.83. The van der Waals surface area contributed by atoms with Crippen molar-refractivity contribution in [2.75, 3.05) is 11.9 Å². The summed E-state index contributed by atoms with van der Waals surface area (Å²) in [6.07, 6.45) is 0. The van der Waals surface area contributed by atoms with Crippen molar-refractivity contribution in [3.05, 3.63) is 21.5 Å². The second-order valence-electron chi connectivity index (χ2n) is 3.69. The maximum Gasteiger partial charge on any atom is 0.145 e. The Kier molecular flexibility index (Phi) is 4.08. The van der Waals surface area contributed by atoms with Crippen LogP contribution in [-0.4, -0.2) is 11.7 Å². The van der Waals surface area contributed by atoms with Crippen LogP contribution in [0.1, 0.15) is 13.8 Å². The number of phenols is 1. The van der Waals surface area contributed by atoms with Crippen molar-refractivity contribution >= 4 is 27.3 Å². The smallest absolute Gasteiger partial charge is 0.145 e. The third kappa shape index (κ3) is 3.20. The predicted octanol–water partition coefficient (Wildman–Crippen LogP) is 3.62. The Morgan fingerprint density at radius 2 is 2.20 bits per heavy atom. The molecule has 0 saturated carbocycles. The molecule has 2 N–H and O–H groups in total. The van der Waals surface area contributed by atoms with Crippen molar-refractivity contribution in [2.45, 2.75) is 13.8 Å². The van der Waals surface area contributed by atoms with Gasteiger partial charge in [0, 0.05) is 12.6 Å². The first-order chi connectivity index (χ1) is 7.04. The van der Waals surface area contributed by atoms with Crippen LogP contribution in [0.2, 0.25) is 0 Å². The number of aromatic hydroxyl groups is 1. The van der Waals surface area contributed by atoms with Crippen molar-refractivity contribution in [2.24, 2.45) is 11.1 Å². The lowest BCUT2D eigenvalue weighted by molar-refractivity contribution is 0.475. The van der Waals surface area contributed by atoms with Crippen LogP contribution in [0.5, 0.6) is 5.75 Å². The molecule has 1 aromatic carbocycles. The van der Waals surface area contributed by atoms with Crippen molar-refractivity contribution < 1.29 is 5.11 Å². The van der Waals surface area contributed by atoms with Gasteiger partial charge in [-0.2, -0.15) is 0 Å². The van der Waals surface area contributed by atoms with E-state index in [0.29, 0.717) is 16.1 Å². The number of hydrogen-bond donors (Lipinski definition) is 2. The summed E-state index contributed by atoms with van der Waals surface area (Å²) in [5.41, 5.74) is 0.832. The van der Waals surface area contributed by atoms with E-state index in [1.165, 1.54) is 12.1 Å². The number of halogens is 1. The lowest BCUT2D eigenvalue weighted by atomic mass is 10.2. The fraction of sp³-hybridized carbons (Fsp3) is 0.400. The Labute approximate surface area is 96.8 Å². The van der Waals surface area contributed by atoms with Gasteiger partial charge in [-0.25, -0.2) is 0 Å². The minimum Gasteiger partial charge on any atom is -0.508 e. The van der Waals surface area contributed by atoms with Crippen LogP contribution in [-0.2, 0) is 0 Å². The molecule has 0 aliphatic heterocycles. The summed E-state index contributed by atoms with van der Waals surface area (Å²) in [6, 6.07) is 2.93. The number of nitroso groups, excluding NO2 is 1. The highest BCUT2D eigenvalue weighted by molar-refractivity contribution is 9.10. The second kappa shape index (κ2) is 5.11. The molecule has 5 heteroatoms. The molecule has 0 radical (unpaired) electrons. The van der Waals surface area contributed by atoms with E-state index in [0.717, 1.165) is 6.54 Å². The molecule has 0 aliphatic rings. The first-order valence-corrected chi connectivity index (χ1v) is 5.43. The molecule has 0 saturated heterocycles. The highest BCUT2D eigenvalue weighted by atomic mass is 79.9. The normalized spacial score (nSPS) is 10.4. The van der Waals surface area contributed by atoms with Crippen molar-refractivity contribution in [1.29, 1.82) is 0 Å². The SMILES string of the molecule is CC(C)CNc1cc(O)cc(Br)c1N=O. The van der Waals surface area contributed by atoms with Gasteiger partial charge >= 0.3 is 0 Å². The fourth-order valence-corrected chi connectivity index (χ4v) is 1.65. The van der Waals surface area contributed by atoms with Crippen LogP contribution in [0.4, 0.5) is 11.4 Å². The number of nitrogens with zero attached hydrogens (tertiary/aromatic N) is 1. The van der Waals surface area contributed by atoms with Gasteiger partial charge in [0.1, 0.15) is 11.4 Å². The lowest BCUT2D eigenvalue weighted by Gasteiger charge is -2.11. The summed E-state index contributed by atoms with van der Waals surface area (Å²) in [7, 11) is 0. The van der Waals surface area contributed by atoms with Crippen LogP contribution in [0.25, 0.3) is 0 Å². The molecule has 0 spiro atoms. The highest BCUT2D eigenvalue weighted by Gasteiger charge is 2.09. The minimum atomic E-state index is 0.0977. The molecular formula is C10H13BrN2O2. The van der Waals surface area contributed by atoms with Gasteiger partial charge in [0.05, 0.1) is 10.2 Å². The maximum atomic E-state index is 10.6. The Balaban J connectivity index is 2.98. The summed E-state index contributed by atoms with van der Waals surface area (Å²) in [5, 5.41) is 15.3. The molecule has 1 aromatic rings. The van der Waals surface area contributed by atoms with E-state index in [9.17, 15) is 10.0 Å². The molecule has 0 fully saturated rings. The van der Waals surface area contributed by atoms with E-state index >= 15 is 0 Å². The maximum absolute atomic E-state index is 10.6. The minimum absolute atomic E-state index is 0.0977. The Bertz CT molecular complexity index is 367. The summed E-state index contributed by atoms with van der Waals surface area (Å²) >= 11 is 3.17. The zero-order chi connectivity index (χ0) is 11.4. The molecule has 0 atom stereocenters. The van der Waals surface area contributed by atoms with E-state index in [-0.39, 0.29) is 11.4 Å².